The number of nitrogens with zero attached hydrogens (tertiary/aromatic N) is 4. The number of piperidine rings is 1. The Balaban J connectivity index is 1.63. The van der Waals surface area contributed by atoms with Crippen LogP contribution in [0.1, 0.15) is 44.3 Å². The Morgan fingerprint density at radius 3 is 2.32 bits per heavy atom. The number of anilines is 2. The lowest BCUT2D eigenvalue weighted by molar-refractivity contribution is -0.123. The number of hydrogen-bond donors (Lipinski definition) is 0. The van der Waals surface area contributed by atoms with Gasteiger partial charge in [-0.15, -0.1) is 11.3 Å². The Morgan fingerprint density at radius 2 is 1.77 bits per heavy atom. The summed E-state index contributed by atoms with van der Waals surface area (Å²) in [7, 11) is 0. The fraction of sp³-hybridized carbons (Fsp3) is 0.522. The van der Waals surface area contributed by atoms with Gasteiger partial charge in [-0.2, -0.15) is 0 Å². The number of benzene rings is 1. The van der Waals surface area contributed by atoms with E-state index < -0.39 is 11.1 Å². The molecule has 0 radical (unpaired) electrons. The van der Waals surface area contributed by atoms with E-state index in [1.807, 2.05) is 69.9 Å². The number of thiazole rings is 1. The highest BCUT2D eigenvalue weighted by Gasteiger charge is 2.55. The van der Waals surface area contributed by atoms with Gasteiger partial charge in [-0.05, 0) is 59.6 Å². The standard InChI is InChI=1S/C23H30N4O3S/c1-16-19(31-17(2)24-16)26-15-27(18-9-7-6-8-10-18)23(20(26)28)11-13-25(14-12-23)21(29)30-22(3,4)5/h6-10H,11-15H2,1-5H3. The quantitative estimate of drug-likeness (QED) is 0.692. The van der Waals surface area contributed by atoms with Crippen LogP contribution < -0.4 is 9.80 Å². The van der Waals surface area contributed by atoms with Gasteiger partial charge in [0.15, 0.2) is 0 Å². The molecule has 0 bridgehead atoms. The molecule has 2 amide bonds. The Morgan fingerprint density at radius 1 is 1.13 bits per heavy atom. The monoisotopic (exact) mass is 442 g/mol. The molecule has 2 aliphatic heterocycles. The average Bonchev–Trinajstić information content (AvgIpc) is 3.18. The minimum atomic E-state index is -0.676. The maximum absolute atomic E-state index is 13.9. The molecule has 0 saturated carbocycles. The van der Waals surface area contributed by atoms with Crippen molar-refractivity contribution in [2.75, 3.05) is 29.6 Å². The van der Waals surface area contributed by atoms with Gasteiger partial charge in [-0.1, -0.05) is 18.2 Å². The second kappa shape index (κ2) is 7.82. The predicted molar refractivity (Wildman–Crippen MR) is 123 cm³/mol. The molecule has 0 N–H and O–H groups in total. The van der Waals surface area contributed by atoms with Gasteiger partial charge in [0, 0.05) is 18.8 Å². The van der Waals surface area contributed by atoms with Crippen LogP contribution >= 0.6 is 11.3 Å². The zero-order valence-electron chi connectivity index (χ0n) is 18.8. The van der Waals surface area contributed by atoms with Gasteiger partial charge < -0.3 is 14.5 Å². The van der Waals surface area contributed by atoms with Gasteiger partial charge in [0.05, 0.1) is 17.4 Å². The molecule has 7 nitrogen and oxygen atoms in total. The molecule has 1 aromatic heterocycles. The molecule has 31 heavy (non-hydrogen) atoms. The van der Waals surface area contributed by atoms with E-state index >= 15 is 0 Å². The Bertz CT molecular complexity index is 974. The Labute approximate surface area is 187 Å². The number of carbonyl (C=O) groups excluding carboxylic acids is 2. The van der Waals surface area contributed by atoms with Gasteiger partial charge in [0.25, 0.3) is 5.91 Å². The van der Waals surface area contributed by atoms with Gasteiger partial charge in [0.1, 0.15) is 16.1 Å². The predicted octanol–water partition coefficient (Wildman–Crippen LogP) is 4.34. The van der Waals surface area contributed by atoms with Crippen LogP contribution in [-0.4, -0.2) is 52.8 Å². The van der Waals surface area contributed by atoms with Crippen LogP contribution in [-0.2, 0) is 9.53 Å². The lowest BCUT2D eigenvalue weighted by Crippen LogP contribution is -2.57. The van der Waals surface area contributed by atoms with Crippen molar-refractivity contribution in [1.82, 2.24) is 9.88 Å². The number of hydrogen-bond acceptors (Lipinski definition) is 6. The zero-order valence-corrected chi connectivity index (χ0v) is 19.7. The number of likely N-dealkylation sites (tertiary alicyclic amines) is 1. The number of carbonyl (C=O) groups is 2. The summed E-state index contributed by atoms with van der Waals surface area (Å²) in [4.78, 5) is 36.8. The molecule has 2 saturated heterocycles. The summed E-state index contributed by atoms with van der Waals surface area (Å²) in [5.74, 6) is 0.0898. The summed E-state index contributed by atoms with van der Waals surface area (Å²) in [5, 5.41) is 1.86. The highest BCUT2D eigenvalue weighted by Crippen LogP contribution is 2.43. The maximum Gasteiger partial charge on any atom is 0.410 e. The molecule has 1 spiro atoms. The van der Waals surface area contributed by atoms with Crippen LogP contribution in [0.3, 0.4) is 0 Å². The maximum atomic E-state index is 13.9. The minimum absolute atomic E-state index is 0.0898. The van der Waals surface area contributed by atoms with Crippen molar-refractivity contribution >= 4 is 34.0 Å². The summed E-state index contributed by atoms with van der Waals surface area (Å²) in [6, 6.07) is 10.1. The molecule has 0 unspecified atom stereocenters. The Hall–Kier alpha value is -2.61. The normalized spacial score (nSPS) is 18.7. The molecule has 166 valence electrons. The summed E-state index contributed by atoms with van der Waals surface area (Å²) in [5.41, 5.74) is 0.684. The van der Waals surface area contributed by atoms with Crippen LogP contribution in [0.15, 0.2) is 30.3 Å². The lowest BCUT2D eigenvalue weighted by atomic mass is 9.85. The number of para-hydroxylation sites is 1. The molecule has 2 aliphatic rings. The first-order valence-corrected chi connectivity index (χ1v) is 11.5. The van der Waals surface area contributed by atoms with Gasteiger partial charge in [0.2, 0.25) is 0 Å². The highest BCUT2D eigenvalue weighted by molar-refractivity contribution is 7.16. The number of rotatable bonds is 2. The van der Waals surface area contributed by atoms with E-state index in [1.165, 1.54) is 0 Å². The van der Waals surface area contributed by atoms with Crippen LogP contribution in [0.25, 0.3) is 0 Å². The number of aryl methyl sites for hydroxylation is 2. The van der Waals surface area contributed by atoms with Crippen LogP contribution in [0.5, 0.6) is 0 Å². The third kappa shape index (κ3) is 4.01. The zero-order chi connectivity index (χ0) is 22.4. The second-order valence-corrected chi connectivity index (χ2v) is 10.4. The van der Waals surface area contributed by atoms with E-state index in [4.69, 9.17) is 4.74 Å². The van der Waals surface area contributed by atoms with E-state index in [-0.39, 0.29) is 12.0 Å². The second-order valence-electron chi connectivity index (χ2n) is 9.26. The van der Waals surface area contributed by atoms with Crippen molar-refractivity contribution < 1.29 is 14.3 Å². The van der Waals surface area contributed by atoms with E-state index in [0.29, 0.717) is 32.6 Å². The molecule has 8 heteroatoms. The highest BCUT2D eigenvalue weighted by atomic mass is 32.1. The first-order chi connectivity index (χ1) is 14.6. The van der Waals surface area contributed by atoms with E-state index in [0.717, 1.165) is 21.4 Å². The first kappa shape index (κ1) is 21.6. The van der Waals surface area contributed by atoms with Crippen molar-refractivity contribution in [2.45, 2.75) is 58.6 Å². The summed E-state index contributed by atoms with van der Waals surface area (Å²) in [6.45, 7) is 11.0. The Kier molecular flexibility index (Phi) is 5.45. The van der Waals surface area contributed by atoms with Crippen molar-refractivity contribution in [2.24, 2.45) is 0 Å². The summed E-state index contributed by atoms with van der Waals surface area (Å²) >= 11 is 1.55. The molecule has 1 aromatic carbocycles. The number of aromatic nitrogens is 1. The van der Waals surface area contributed by atoms with E-state index in [9.17, 15) is 9.59 Å². The van der Waals surface area contributed by atoms with Crippen LogP contribution in [0.2, 0.25) is 0 Å². The van der Waals surface area contributed by atoms with Crippen molar-refractivity contribution in [1.29, 1.82) is 0 Å². The molecule has 3 heterocycles. The molecule has 0 atom stereocenters. The van der Waals surface area contributed by atoms with Crippen molar-refractivity contribution in [3.63, 3.8) is 0 Å². The molecular formula is C23H30N4O3S. The fourth-order valence-corrected chi connectivity index (χ4v) is 5.35. The van der Waals surface area contributed by atoms with Crippen molar-refractivity contribution in [3.05, 3.63) is 41.0 Å². The summed E-state index contributed by atoms with van der Waals surface area (Å²) < 4.78 is 5.55. The summed E-state index contributed by atoms with van der Waals surface area (Å²) in [6.07, 6.45) is 0.811. The molecule has 4 rings (SSSR count). The minimum Gasteiger partial charge on any atom is -0.444 e. The van der Waals surface area contributed by atoms with Gasteiger partial charge >= 0.3 is 6.09 Å². The molecule has 0 aliphatic carbocycles. The first-order valence-electron chi connectivity index (χ1n) is 10.7. The SMILES string of the molecule is Cc1nc(C)c(N2CN(c3ccccc3)C3(CCN(C(=O)OC(C)(C)C)CC3)C2=O)s1. The van der Waals surface area contributed by atoms with Gasteiger partial charge in [-0.25, -0.2) is 9.78 Å². The van der Waals surface area contributed by atoms with Crippen molar-refractivity contribution in [3.8, 4) is 0 Å². The molecule has 2 aromatic rings. The topological polar surface area (TPSA) is 66.0 Å². The third-order valence-electron chi connectivity index (χ3n) is 5.88. The van der Waals surface area contributed by atoms with Crippen LogP contribution in [0.4, 0.5) is 15.5 Å². The third-order valence-corrected chi connectivity index (χ3v) is 6.97. The average molecular weight is 443 g/mol. The molecular weight excluding hydrogens is 412 g/mol. The van der Waals surface area contributed by atoms with E-state index in [1.54, 1.807) is 16.2 Å². The smallest absolute Gasteiger partial charge is 0.410 e. The molecule has 2 fully saturated rings. The number of ether oxygens (including phenoxy) is 1. The fourth-order valence-electron chi connectivity index (χ4n) is 4.44. The van der Waals surface area contributed by atoms with Gasteiger partial charge in [-0.3, -0.25) is 9.69 Å². The van der Waals surface area contributed by atoms with E-state index in [2.05, 4.69) is 9.88 Å². The lowest BCUT2D eigenvalue weighted by Gasteiger charge is -2.43. The van der Waals surface area contributed by atoms with Crippen LogP contribution in [0, 0.1) is 13.8 Å². The largest absolute Gasteiger partial charge is 0.444 e. The number of amides is 2.